The molecule has 4 aromatic carbocycles. The van der Waals surface area contributed by atoms with Gasteiger partial charge in [-0.15, -0.1) is 0 Å². The van der Waals surface area contributed by atoms with E-state index in [-0.39, 0.29) is 28.5 Å². The average Bonchev–Trinajstić information content (AvgIpc) is 3.16. The fraction of sp³-hybridized carbons (Fsp3) is 0.200. The quantitative estimate of drug-likeness (QED) is 0.238. The summed E-state index contributed by atoms with van der Waals surface area (Å²) in [6, 6.07) is 33.1. The molecule has 262 valence electrons. The molecule has 8 rings (SSSR count). The normalized spacial score (nSPS) is 13.2. The van der Waals surface area contributed by atoms with E-state index >= 15 is 0 Å². The molecule has 1 aliphatic rings. The van der Waals surface area contributed by atoms with E-state index in [2.05, 4.69) is 23.1 Å². The van der Waals surface area contributed by atoms with E-state index in [9.17, 15) is 24.6 Å². The number of rotatable bonds is 1. The number of aliphatic hydroxyl groups is 1. The smallest absolute Gasteiger partial charge is 0.274 e. The number of pyridine rings is 2. The van der Waals surface area contributed by atoms with Gasteiger partial charge in [-0.25, -0.2) is 4.68 Å². The van der Waals surface area contributed by atoms with Crippen LogP contribution in [0.2, 0.25) is 0 Å². The molecule has 0 aliphatic carbocycles. The maximum Gasteiger partial charge on any atom is 0.274 e. The summed E-state index contributed by atoms with van der Waals surface area (Å²) in [7, 11) is 8.72. The fourth-order valence-corrected chi connectivity index (χ4v) is 5.83. The number of para-hydroxylation sites is 3. The first-order valence-corrected chi connectivity index (χ1v) is 16.3. The van der Waals surface area contributed by atoms with Gasteiger partial charge >= 0.3 is 0 Å². The topological polar surface area (TPSA) is 132 Å². The lowest BCUT2D eigenvalue weighted by molar-refractivity contribution is 0.165. The van der Waals surface area contributed by atoms with Crippen LogP contribution in [0.4, 0.5) is 5.69 Å². The van der Waals surface area contributed by atoms with Gasteiger partial charge in [0.05, 0.1) is 35.8 Å². The van der Waals surface area contributed by atoms with Gasteiger partial charge in [-0.05, 0) is 42.8 Å². The van der Waals surface area contributed by atoms with E-state index in [4.69, 9.17) is 4.74 Å². The Morgan fingerprint density at radius 2 is 1.25 bits per heavy atom. The third-order valence-corrected chi connectivity index (χ3v) is 8.77. The molecule has 1 aliphatic heterocycles. The lowest BCUT2D eigenvalue weighted by Crippen LogP contribution is -2.26. The van der Waals surface area contributed by atoms with E-state index < -0.39 is 0 Å². The number of aromatic hydroxyl groups is 1. The lowest BCUT2D eigenvalue weighted by atomic mass is 10.00. The summed E-state index contributed by atoms with van der Waals surface area (Å²) in [5.41, 5.74) is 3.55. The molecule has 51 heavy (non-hydrogen) atoms. The van der Waals surface area contributed by atoms with Crippen molar-refractivity contribution in [2.45, 2.75) is 12.5 Å². The zero-order chi connectivity index (χ0) is 36.7. The first-order valence-electron chi connectivity index (χ1n) is 16.3. The highest BCUT2D eigenvalue weighted by atomic mass is 16.5. The summed E-state index contributed by atoms with van der Waals surface area (Å²) in [6.45, 7) is 0.943. The Hall–Kier alpha value is -6.20. The maximum absolute atomic E-state index is 11.5. The van der Waals surface area contributed by atoms with Crippen LogP contribution >= 0.6 is 0 Å². The number of hydrogen-bond donors (Lipinski definition) is 2. The molecular weight excluding hydrogens is 646 g/mol. The van der Waals surface area contributed by atoms with Crippen molar-refractivity contribution < 1.29 is 14.9 Å². The molecule has 0 saturated heterocycles. The number of nitrogens with zero attached hydrogens (tertiary/aromatic N) is 5. The number of benzene rings is 4. The monoisotopic (exact) mass is 687 g/mol. The summed E-state index contributed by atoms with van der Waals surface area (Å²) in [4.78, 5) is 36.4. The molecule has 11 nitrogen and oxygen atoms in total. The highest BCUT2D eigenvalue weighted by molar-refractivity contribution is 5.85. The molecule has 7 aromatic rings. The van der Waals surface area contributed by atoms with Gasteiger partial charge in [-0.1, -0.05) is 60.7 Å². The van der Waals surface area contributed by atoms with Gasteiger partial charge in [0, 0.05) is 74.3 Å². The number of hydrogen-bond acceptors (Lipinski definition) is 8. The van der Waals surface area contributed by atoms with Gasteiger partial charge in [0.2, 0.25) is 0 Å². The summed E-state index contributed by atoms with van der Waals surface area (Å²) >= 11 is 0. The van der Waals surface area contributed by atoms with E-state index in [1.165, 1.54) is 21.4 Å². The Kier molecular flexibility index (Phi) is 11.3. The van der Waals surface area contributed by atoms with E-state index in [1.807, 2.05) is 72.8 Å². The van der Waals surface area contributed by atoms with Gasteiger partial charge in [-0.2, -0.15) is 5.10 Å². The maximum atomic E-state index is 11.5. The van der Waals surface area contributed by atoms with Crippen molar-refractivity contribution >= 4 is 38.3 Å². The van der Waals surface area contributed by atoms with Crippen LogP contribution in [0.5, 0.6) is 11.5 Å². The van der Waals surface area contributed by atoms with Crippen molar-refractivity contribution in [2.24, 2.45) is 21.1 Å². The Balaban J connectivity index is 0.000000132. The van der Waals surface area contributed by atoms with Crippen LogP contribution in [0.25, 0.3) is 32.6 Å². The minimum atomic E-state index is -0.266. The van der Waals surface area contributed by atoms with Gasteiger partial charge in [0.25, 0.3) is 16.7 Å². The summed E-state index contributed by atoms with van der Waals surface area (Å²) in [6.07, 6.45) is 2.27. The van der Waals surface area contributed by atoms with Crippen LogP contribution < -0.4 is 26.3 Å². The Bertz CT molecular complexity index is 2460. The second-order valence-electron chi connectivity index (χ2n) is 12.0. The molecule has 0 fully saturated rings. The third kappa shape index (κ3) is 8.00. The van der Waals surface area contributed by atoms with Crippen molar-refractivity contribution in [1.29, 1.82) is 0 Å². The van der Waals surface area contributed by atoms with Crippen LogP contribution in [0.1, 0.15) is 18.1 Å². The number of aryl methyl sites for hydroxylation is 3. The van der Waals surface area contributed by atoms with Gasteiger partial charge in [0.1, 0.15) is 11.5 Å². The first kappa shape index (κ1) is 36.1. The van der Waals surface area contributed by atoms with E-state index in [0.29, 0.717) is 11.1 Å². The molecule has 1 unspecified atom stereocenters. The van der Waals surface area contributed by atoms with Crippen LogP contribution in [0.15, 0.2) is 130 Å². The zero-order valence-electron chi connectivity index (χ0n) is 29.2. The third-order valence-electron chi connectivity index (χ3n) is 8.77. The molecule has 1 atom stereocenters. The molecule has 0 bridgehead atoms. The van der Waals surface area contributed by atoms with Crippen molar-refractivity contribution in [3.63, 3.8) is 0 Å². The van der Waals surface area contributed by atoms with Crippen LogP contribution in [0.3, 0.4) is 0 Å². The molecule has 4 heterocycles. The van der Waals surface area contributed by atoms with Gasteiger partial charge in [-0.3, -0.25) is 14.4 Å². The molecule has 3 aromatic heterocycles. The number of aliphatic hydroxyl groups excluding tert-OH is 1. The SMILES string of the molecule is CN1CCC(O)c2ccccc21.COc1cc(=O)n(C)c2ccccc12.Cn1c(=O)cc(O)c2ccccc21.Cn1ncc2ccccc2c1=O. The minimum absolute atomic E-state index is 0.0405. The van der Waals surface area contributed by atoms with E-state index in [0.717, 1.165) is 51.4 Å². The van der Waals surface area contributed by atoms with E-state index in [1.54, 1.807) is 57.2 Å². The predicted octanol–water partition coefficient (Wildman–Crippen LogP) is 5.28. The molecule has 0 saturated carbocycles. The number of ether oxygens (including phenoxy) is 1. The lowest BCUT2D eigenvalue weighted by Gasteiger charge is -2.30. The average molecular weight is 688 g/mol. The molecule has 2 N–H and O–H groups in total. The fourth-order valence-electron chi connectivity index (χ4n) is 5.83. The Labute approximate surface area is 294 Å². The molecular formula is C40H41N5O6. The zero-order valence-corrected chi connectivity index (χ0v) is 29.2. The second-order valence-corrected chi connectivity index (χ2v) is 12.0. The molecule has 0 radical (unpaired) electrons. The predicted molar refractivity (Wildman–Crippen MR) is 203 cm³/mol. The van der Waals surface area contributed by atoms with Gasteiger partial charge in [0.15, 0.2) is 0 Å². The summed E-state index contributed by atoms with van der Waals surface area (Å²) in [5, 5.41) is 26.3. The Morgan fingerprint density at radius 3 is 1.92 bits per heavy atom. The summed E-state index contributed by atoms with van der Waals surface area (Å²) < 4.78 is 9.60. The molecule has 11 heteroatoms. The van der Waals surface area contributed by atoms with Crippen LogP contribution in [-0.2, 0) is 21.1 Å². The Morgan fingerprint density at radius 1 is 0.706 bits per heavy atom. The van der Waals surface area contributed by atoms with Crippen molar-refractivity contribution in [3.05, 3.63) is 152 Å². The summed E-state index contributed by atoms with van der Waals surface area (Å²) in [5.74, 6) is 0.669. The van der Waals surface area contributed by atoms with Crippen LogP contribution in [0, 0.1) is 0 Å². The molecule has 0 amide bonds. The minimum Gasteiger partial charge on any atom is -0.507 e. The van der Waals surface area contributed by atoms with Crippen molar-refractivity contribution in [2.75, 3.05) is 25.6 Å². The van der Waals surface area contributed by atoms with Crippen molar-refractivity contribution in [1.82, 2.24) is 18.9 Å². The first-order chi connectivity index (χ1) is 24.5. The van der Waals surface area contributed by atoms with Gasteiger partial charge < -0.3 is 29.0 Å². The van der Waals surface area contributed by atoms with Crippen molar-refractivity contribution in [3.8, 4) is 11.5 Å². The number of anilines is 1. The number of aromatic nitrogens is 4. The highest BCUT2D eigenvalue weighted by Gasteiger charge is 2.19. The van der Waals surface area contributed by atoms with Crippen LogP contribution in [-0.4, -0.2) is 49.8 Å². The number of fused-ring (bicyclic) bond motifs is 4. The number of methoxy groups -OCH3 is 1. The highest BCUT2D eigenvalue weighted by Crippen LogP contribution is 2.32. The largest absolute Gasteiger partial charge is 0.507 e. The molecule has 0 spiro atoms. The standard InChI is InChI=1S/C11H11NO2.C10H9NO2.C10H13NO.C9H8N2O/c1-12-9-6-4-3-5-8(9)10(14-2)7-11(12)13;1-11-8-5-3-2-4-7(8)9(12)6-10(11)13;1-11-7-6-10(12)8-4-2-3-5-9(8)11;1-11-9(12)8-5-3-2-4-7(8)6-10-11/h3-7H,1-2H3;2-6,12H,1H3;2-5,10,12H,6-7H2,1H3;2-6H,1H3. The second kappa shape index (κ2) is 16.0.